The maximum atomic E-state index is 12.3. The summed E-state index contributed by atoms with van der Waals surface area (Å²) < 4.78 is 0. The van der Waals surface area contributed by atoms with E-state index in [9.17, 15) is 14.4 Å². The zero-order chi connectivity index (χ0) is 17.1. The van der Waals surface area contributed by atoms with E-state index in [0.29, 0.717) is 12.0 Å². The average Bonchev–Trinajstić information content (AvgIpc) is 2.91. The Hall–Kier alpha value is -2.95. The highest BCUT2D eigenvalue weighted by Gasteiger charge is 2.19. The van der Waals surface area contributed by atoms with Crippen molar-refractivity contribution in [2.75, 3.05) is 10.6 Å². The lowest BCUT2D eigenvalue weighted by molar-refractivity contribution is -0.116. The van der Waals surface area contributed by atoms with Crippen molar-refractivity contribution in [3.8, 4) is 0 Å². The van der Waals surface area contributed by atoms with Gasteiger partial charge in [0, 0.05) is 29.8 Å². The van der Waals surface area contributed by atoms with Crippen LogP contribution in [0.3, 0.4) is 0 Å². The average molecular weight is 322 g/mol. The minimum absolute atomic E-state index is 0.0628. The van der Waals surface area contributed by atoms with E-state index >= 15 is 0 Å². The molecule has 122 valence electrons. The van der Waals surface area contributed by atoms with Crippen LogP contribution in [0.25, 0.3) is 0 Å². The molecule has 0 aromatic heterocycles. The van der Waals surface area contributed by atoms with Gasteiger partial charge in [-0.05, 0) is 48.4 Å². The first-order valence-electron chi connectivity index (χ1n) is 7.84. The van der Waals surface area contributed by atoms with E-state index in [2.05, 4.69) is 10.6 Å². The summed E-state index contributed by atoms with van der Waals surface area (Å²) in [5.74, 6) is -0.351. The number of Topliss-reactive ketones (excluding diaryl/α,β-unsaturated/α-hetero) is 1. The highest BCUT2D eigenvalue weighted by atomic mass is 16.2. The summed E-state index contributed by atoms with van der Waals surface area (Å²) in [7, 11) is 0. The number of ketones is 1. The number of nitrogens with one attached hydrogen (secondary N) is 2. The third-order valence-electron chi connectivity index (χ3n) is 3.93. The molecule has 5 nitrogen and oxygen atoms in total. The number of anilines is 2. The van der Waals surface area contributed by atoms with Crippen LogP contribution in [0.4, 0.5) is 11.4 Å². The van der Waals surface area contributed by atoms with Gasteiger partial charge in [-0.2, -0.15) is 0 Å². The molecule has 2 N–H and O–H groups in total. The molecule has 1 aliphatic rings. The van der Waals surface area contributed by atoms with Gasteiger partial charge in [-0.15, -0.1) is 0 Å². The van der Waals surface area contributed by atoms with Crippen LogP contribution in [-0.2, 0) is 16.0 Å². The Bertz CT molecular complexity index is 827. The number of fused-ring (bicyclic) bond motifs is 1. The predicted octanol–water partition coefficient (Wildman–Crippen LogP) is 3.09. The number of carbonyl (C=O) groups excluding carboxylic acids is 3. The van der Waals surface area contributed by atoms with Crippen LogP contribution >= 0.6 is 0 Å². The number of hydrogen-bond donors (Lipinski definition) is 2. The van der Waals surface area contributed by atoms with Gasteiger partial charge in [0.25, 0.3) is 0 Å². The van der Waals surface area contributed by atoms with Crippen molar-refractivity contribution in [2.24, 2.45) is 0 Å². The van der Waals surface area contributed by atoms with Crippen molar-refractivity contribution in [3.05, 3.63) is 59.2 Å². The third kappa shape index (κ3) is 3.68. The summed E-state index contributed by atoms with van der Waals surface area (Å²) in [5.41, 5.74) is 3.91. The molecule has 0 fully saturated rings. The fraction of sp³-hybridized carbons (Fsp3) is 0.211. The second-order valence-electron chi connectivity index (χ2n) is 5.94. The number of hydrogen-bond acceptors (Lipinski definition) is 3. The highest BCUT2D eigenvalue weighted by Crippen LogP contribution is 2.24. The molecule has 0 atom stereocenters. The van der Waals surface area contributed by atoms with Crippen LogP contribution in [0.15, 0.2) is 42.5 Å². The summed E-state index contributed by atoms with van der Waals surface area (Å²) in [6, 6.07) is 12.7. The topological polar surface area (TPSA) is 75.3 Å². The summed E-state index contributed by atoms with van der Waals surface area (Å²) in [6.45, 7) is 1.95. The smallest absolute Gasteiger partial charge is 0.228 e. The zero-order valence-electron chi connectivity index (χ0n) is 13.4. The van der Waals surface area contributed by atoms with Gasteiger partial charge in [-0.25, -0.2) is 0 Å². The molecule has 2 amide bonds. The number of benzene rings is 2. The first kappa shape index (κ1) is 15.9. The molecule has 5 heteroatoms. The zero-order valence-corrected chi connectivity index (χ0v) is 13.4. The van der Waals surface area contributed by atoms with E-state index in [-0.39, 0.29) is 30.4 Å². The molecular weight excluding hydrogens is 304 g/mol. The lowest BCUT2D eigenvalue weighted by Crippen LogP contribution is -2.13. The van der Waals surface area contributed by atoms with Gasteiger partial charge in [0.2, 0.25) is 11.8 Å². The maximum absolute atomic E-state index is 12.3. The fourth-order valence-corrected chi connectivity index (χ4v) is 2.72. The van der Waals surface area contributed by atoms with Crippen molar-refractivity contribution in [1.29, 1.82) is 0 Å². The Kier molecular flexibility index (Phi) is 4.42. The van der Waals surface area contributed by atoms with E-state index in [0.717, 1.165) is 22.5 Å². The molecule has 0 saturated carbocycles. The Balaban J connectivity index is 1.57. The lowest BCUT2D eigenvalue weighted by Gasteiger charge is -2.06. The SMILES string of the molecule is Cc1cccc(NC(=O)CCC(=O)c2ccc3c(c2)CC(=O)N3)c1. The molecule has 2 aromatic rings. The van der Waals surface area contributed by atoms with Crippen LogP contribution in [0.1, 0.15) is 34.3 Å². The first-order valence-corrected chi connectivity index (χ1v) is 7.84. The van der Waals surface area contributed by atoms with Crippen LogP contribution in [-0.4, -0.2) is 17.6 Å². The Morgan fingerprint density at radius 3 is 2.75 bits per heavy atom. The number of aryl methyl sites for hydroxylation is 1. The second kappa shape index (κ2) is 6.66. The molecule has 2 aromatic carbocycles. The van der Waals surface area contributed by atoms with Crippen molar-refractivity contribution in [3.63, 3.8) is 0 Å². The molecule has 0 bridgehead atoms. The highest BCUT2D eigenvalue weighted by molar-refractivity contribution is 6.03. The van der Waals surface area contributed by atoms with Crippen LogP contribution in [0.2, 0.25) is 0 Å². The summed E-state index contributed by atoms with van der Waals surface area (Å²) >= 11 is 0. The van der Waals surface area contributed by atoms with Gasteiger partial charge in [0.15, 0.2) is 5.78 Å². The molecule has 0 spiro atoms. The molecule has 0 aliphatic carbocycles. The number of rotatable bonds is 5. The van der Waals surface area contributed by atoms with E-state index in [1.165, 1.54) is 0 Å². The minimum Gasteiger partial charge on any atom is -0.326 e. The maximum Gasteiger partial charge on any atom is 0.228 e. The van der Waals surface area contributed by atoms with E-state index < -0.39 is 0 Å². The summed E-state index contributed by atoms with van der Waals surface area (Å²) in [4.78, 5) is 35.6. The van der Waals surface area contributed by atoms with Gasteiger partial charge >= 0.3 is 0 Å². The van der Waals surface area contributed by atoms with Crippen molar-refractivity contribution in [2.45, 2.75) is 26.2 Å². The first-order chi connectivity index (χ1) is 11.5. The Morgan fingerprint density at radius 1 is 1.12 bits per heavy atom. The Labute approximate surface area is 140 Å². The second-order valence-corrected chi connectivity index (χ2v) is 5.94. The molecular formula is C19H18N2O3. The third-order valence-corrected chi connectivity index (χ3v) is 3.93. The molecule has 3 rings (SSSR count). The van der Waals surface area contributed by atoms with E-state index in [1.54, 1.807) is 18.2 Å². The molecule has 1 heterocycles. The predicted molar refractivity (Wildman–Crippen MR) is 92.1 cm³/mol. The molecule has 0 saturated heterocycles. The van der Waals surface area contributed by atoms with Crippen molar-refractivity contribution >= 4 is 29.0 Å². The molecule has 0 radical (unpaired) electrons. The van der Waals surface area contributed by atoms with Gasteiger partial charge in [0.05, 0.1) is 6.42 Å². The largest absolute Gasteiger partial charge is 0.326 e. The number of amides is 2. The van der Waals surface area contributed by atoms with Crippen LogP contribution in [0, 0.1) is 6.92 Å². The lowest BCUT2D eigenvalue weighted by atomic mass is 10.0. The molecule has 24 heavy (non-hydrogen) atoms. The molecule has 1 aliphatic heterocycles. The fourth-order valence-electron chi connectivity index (χ4n) is 2.72. The van der Waals surface area contributed by atoms with Crippen molar-refractivity contribution in [1.82, 2.24) is 0 Å². The van der Waals surface area contributed by atoms with Gasteiger partial charge < -0.3 is 10.6 Å². The molecule has 0 unspecified atom stereocenters. The van der Waals surface area contributed by atoms with Crippen molar-refractivity contribution < 1.29 is 14.4 Å². The quantitative estimate of drug-likeness (QED) is 0.831. The van der Waals surface area contributed by atoms with Gasteiger partial charge in [-0.1, -0.05) is 12.1 Å². The Morgan fingerprint density at radius 2 is 1.96 bits per heavy atom. The monoisotopic (exact) mass is 322 g/mol. The summed E-state index contributed by atoms with van der Waals surface area (Å²) in [5, 5.41) is 5.52. The standard InChI is InChI=1S/C19H18N2O3/c1-12-3-2-4-15(9-12)20-18(23)8-7-17(22)13-5-6-16-14(10-13)11-19(24)21-16/h2-6,9-10H,7-8,11H2,1H3,(H,20,23)(H,21,24). The van der Waals surface area contributed by atoms with Gasteiger partial charge in [-0.3, -0.25) is 14.4 Å². The normalized spacial score (nSPS) is 12.5. The van der Waals surface area contributed by atoms with E-state index in [4.69, 9.17) is 0 Å². The van der Waals surface area contributed by atoms with Gasteiger partial charge in [0.1, 0.15) is 0 Å². The van der Waals surface area contributed by atoms with Crippen LogP contribution in [0.5, 0.6) is 0 Å². The minimum atomic E-state index is -0.188. The summed E-state index contributed by atoms with van der Waals surface area (Å²) in [6.07, 6.45) is 0.559. The van der Waals surface area contributed by atoms with Crippen LogP contribution < -0.4 is 10.6 Å². The van der Waals surface area contributed by atoms with E-state index in [1.807, 2.05) is 31.2 Å². The number of carbonyl (C=O) groups is 3.